The van der Waals surface area contributed by atoms with E-state index >= 15 is 0 Å². The van der Waals surface area contributed by atoms with Gasteiger partial charge in [0.2, 0.25) is 0 Å². The maximum Gasteiger partial charge on any atom is 0.273 e. The Labute approximate surface area is 134 Å². The van der Waals surface area contributed by atoms with Crippen LogP contribution in [0, 0.1) is 0 Å². The molecule has 0 aliphatic carbocycles. The number of amides is 1. The molecule has 22 heavy (non-hydrogen) atoms. The molecule has 0 aliphatic heterocycles. The lowest BCUT2D eigenvalue weighted by Crippen LogP contribution is -2.30. The second kappa shape index (κ2) is 6.54. The molecule has 5 nitrogen and oxygen atoms in total. The van der Waals surface area contributed by atoms with Gasteiger partial charge >= 0.3 is 0 Å². The van der Waals surface area contributed by atoms with Crippen LogP contribution in [-0.2, 0) is 5.60 Å². The van der Waals surface area contributed by atoms with Crippen LogP contribution in [0.25, 0.3) is 10.7 Å². The van der Waals surface area contributed by atoms with E-state index in [1.807, 2.05) is 26.0 Å². The summed E-state index contributed by atoms with van der Waals surface area (Å²) in [5, 5.41) is 12.5. The van der Waals surface area contributed by atoms with Gasteiger partial charge in [-0.2, -0.15) is 0 Å². The highest BCUT2D eigenvalue weighted by Crippen LogP contribution is 2.25. The van der Waals surface area contributed by atoms with E-state index in [2.05, 4.69) is 9.97 Å². The number of carbonyl (C=O) groups is 1. The standard InChI is InChI=1S/C16H21N3O2S/c1-5-19(6-2)15(20)12-10-22-14(18-12)11-8-7-9-13(17-11)16(3,4)21/h7-10,21H,5-6H2,1-4H3. The molecule has 2 aromatic rings. The summed E-state index contributed by atoms with van der Waals surface area (Å²) in [5.41, 5.74) is 0.687. The first-order valence-corrected chi connectivity index (χ1v) is 8.19. The van der Waals surface area contributed by atoms with Crippen molar-refractivity contribution in [1.29, 1.82) is 0 Å². The van der Waals surface area contributed by atoms with Crippen LogP contribution >= 0.6 is 11.3 Å². The first-order chi connectivity index (χ1) is 10.4. The summed E-state index contributed by atoms with van der Waals surface area (Å²) in [6.45, 7) is 8.60. The van der Waals surface area contributed by atoms with Crippen LogP contribution < -0.4 is 0 Å². The van der Waals surface area contributed by atoms with E-state index in [4.69, 9.17) is 0 Å². The molecule has 0 fully saturated rings. The fourth-order valence-corrected chi connectivity index (χ4v) is 2.82. The molecule has 0 bridgehead atoms. The van der Waals surface area contributed by atoms with Gasteiger partial charge in [0, 0.05) is 18.5 Å². The summed E-state index contributed by atoms with van der Waals surface area (Å²) in [6, 6.07) is 5.45. The molecule has 0 radical (unpaired) electrons. The monoisotopic (exact) mass is 319 g/mol. The third kappa shape index (κ3) is 3.51. The van der Waals surface area contributed by atoms with Crippen LogP contribution in [0.3, 0.4) is 0 Å². The summed E-state index contributed by atoms with van der Waals surface area (Å²) in [5.74, 6) is -0.0638. The van der Waals surface area contributed by atoms with E-state index in [9.17, 15) is 9.90 Å². The van der Waals surface area contributed by atoms with Gasteiger partial charge < -0.3 is 10.0 Å². The zero-order valence-corrected chi connectivity index (χ0v) is 14.1. The van der Waals surface area contributed by atoms with E-state index < -0.39 is 5.60 Å². The second-order valence-electron chi connectivity index (χ2n) is 5.48. The number of hydrogen-bond donors (Lipinski definition) is 1. The molecule has 0 atom stereocenters. The Balaban J connectivity index is 2.31. The minimum Gasteiger partial charge on any atom is -0.384 e. The lowest BCUT2D eigenvalue weighted by Gasteiger charge is -2.17. The summed E-state index contributed by atoms with van der Waals surface area (Å²) in [4.78, 5) is 22.9. The third-order valence-corrected chi connectivity index (χ3v) is 4.23. The minimum absolute atomic E-state index is 0.0638. The molecule has 2 aromatic heterocycles. The van der Waals surface area contributed by atoms with E-state index in [1.54, 1.807) is 30.2 Å². The van der Waals surface area contributed by atoms with Crippen LogP contribution in [0.15, 0.2) is 23.6 Å². The van der Waals surface area contributed by atoms with E-state index in [-0.39, 0.29) is 5.91 Å². The number of carbonyl (C=O) groups excluding carboxylic acids is 1. The summed E-state index contributed by atoms with van der Waals surface area (Å²) in [6.07, 6.45) is 0. The van der Waals surface area contributed by atoms with Crippen molar-refractivity contribution in [3.05, 3.63) is 35.0 Å². The Kier molecular flexibility index (Phi) is 4.93. The van der Waals surface area contributed by atoms with Gasteiger partial charge in [-0.25, -0.2) is 9.97 Å². The lowest BCUT2D eigenvalue weighted by atomic mass is 10.0. The highest BCUT2D eigenvalue weighted by molar-refractivity contribution is 7.13. The predicted octanol–water partition coefficient (Wildman–Crippen LogP) is 2.91. The Bertz CT molecular complexity index is 657. The molecule has 118 valence electrons. The molecule has 0 unspecified atom stereocenters. The average Bonchev–Trinajstić information content (AvgIpc) is 2.97. The quantitative estimate of drug-likeness (QED) is 0.920. The number of pyridine rings is 1. The van der Waals surface area contributed by atoms with Crippen molar-refractivity contribution in [1.82, 2.24) is 14.9 Å². The van der Waals surface area contributed by atoms with Crippen LogP contribution in [0.4, 0.5) is 0 Å². The van der Waals surface area contributed by atoms with Gasteiger partial charge in [0.15, 0.2) is 0 Å². The summed E-state index contributed by atoms with van der Waals surface area (Å²) < 4.78 is 0. The van der Waals surface area contributed by atoms with Crippen molar-refractivity contribution in [3.8, 4) is 10.7 Å². The summed E-state index contributed by atoms with van der Waals surface area (Å²) in [7, 11) is 0. The van der Waals surface area contributed by atoms with Crippen LogP contribution in [0.5, 0.6) is 0 Å². The molecule has 2 rings (SSSR count). The van der Waals surface area contributed by atoms with Crippen molar-refractivity contribution >= 4 is 17.2 Å². The molecular formula is C16H21N3O2S. The molecule has 0 aromatic carbocycles. The Morgan fingerprint density at radius 2 is 1.95 bits per heavy atom. The molecule has 1 amide bonds. The zero-order chi connectivity index (χ0) is 16.3. The highest BCUT2D eigenvalue weighted by atomic mass is 32.1. The predicted molar refractivity (Wildman–Crippen MR) is 87.8 cm³/mol. The fraction of sp³-hybridized carbons (Fsp3) is 0.438. The first kappa shape index (κ1) is 16.6. The largest absolute Gasteiger partial charge is 0.384 e. The number of thiazole rings is 1. The zero-order valence-electron chi connectivity index (χ0n) is 13.3. The van der Waals surface area contributed by atoms with Crippen molar-refractivity contribution in [2.75, 3.05) is 13.1 Å². The minimum atomic E-state index is -1.01. The maximum atomic E-state index is 12.3. The highest BCUT2D eigenvalue weighted by Gasteiger charge is 2.20. The molecule has 6 heteroatoms. The van der Waals surface area contributed by atoms with Gasteiger partial charge in [-0.05, 0) is 39.8 Å². The Morgan fingerprint density at radius 1 is 1.27 bits per heavy atom. The fourth-order valence-electron chi connectivity index (χ4n) is 2.06. The molecule has 0 saturated carbocycles. The van der Waals surface area contributed by atoms with Crippen LogP contribution in [0.1, 0.15) is 43.9 Å². The van der Waals surface area contributed by atoms with E-state index in [1.165, 1.54) is 11.3 Å². The van der Waals surface area contributed by atoms with E-state index in [0.29, 0.717) is 35.2 Å². The summed E-state index contributed by atoms with van der Waals surface area (Å²) >= 11 is 1.39. The number of rotatable bonds is 5. The van der Waals surface area contributed by atoms with Gasteiger partial charge in [0.1, 0.15) is 16.3 Å². The molecule has 1 N–H and O–H groups in total. The van der Waals surface area contributed by atoms with Gasteiger partial charge in [-0.3, -0.25) is 4.79 Å². The van der Waals surface area contributed by atoms with Crippen molar-refractivity contribution < 1.29 is 9.90 Å². The third-order valence-electron chi connectivity index (χ3n) is 3.37. The maximum absolute atomic E-state index is 12.3. The van der Waals surface area contributed by atoms with Crippen molar-refractivity contribution in [2.24, 2.45) is 0 Å². The van der Waals surface area contributed by atoms with Gasteiger partial charge in [0.05, 0.1) is 11.4 Å². The molecule has 2 heterocycles. The Morgan fingerprint density at radius 3 is 2.55 bits per heavy atom. The molecule has 0 saturated heterocycles. The van der Waals surface area contributed by atoms with Crippen LogP contribution in [0.2, 0.25) is 0 Å². The number of hydrogen-bond acceptors (Lipinski definition) is 5. The normalized spacial score (nSPS) is 11.5. The lowest BCUT2D eigenvalue weighted by molar-refractivity contribution is 0.0738. The number of aromatic nitrogens is 2. The second-order valence-corrected chi connectivity index (χ2v) is 6.34. The Hall–Kier alpha value is -1.79. The topological polar surface area (TPSA) is 66.3 Å². The average molecular weight is 319 g/mol. The molecule has 0 aliphatic rings. The SMILES string of the molecule is CCN(CC)C(=O)c1csc(-c2cccc(C(C)(C)O)n2)n1. The number of aliphatic hydroxyl groups is 1. The smallest absolute Gasteiger partial charge is 0.273 e. The van der Waals surface area contributed by atoms with Crippen molar-refractivity contribution in [3.63, 3.8) is 0 Å². The molecule has 0 spiro atoms. The first-order valence-electron chi connectivity index (χ1n) is 7.31. The van der Waals surface area contributed by atoms with Crippen LogP contribution in [-0.4, -0.2) is 39.0 Å². The van der Waals surface area contributed by atoms with Gasteiger partial charge in [0.25, 0.3) is 5.91 Å². The van der Waals surface area contributed by atoms with Crippen molar-refractivity contribution in [2.45, 2.75) is 33.3 Å². The van der Waals surface area contributed by atoms with Gasteiger partial charge in [-0.1, -0.05) is 6.07 Å². The van der Waals surface area contributed by atoms with E-state index in [0.717, 1.165) is 0 Å². The van der Waals surface area contributed by atoms with Gasteiger partial charge in [-0.15, -0.1) is 11.3 Å². The molecular weight excluding hydrogens is 298 g/mol. The number of nitrogens with zero attached hydrogens (tertiary/aromatic N) is 3.